The average molecular weight is 243 g/mol. The van der Waals surface area contributed by atoms with Crippen molar-refractivity contribution in [1.29, 1.82) is 0 Å². The molecule has 0 aliphatic rings. The summed E-state index contributed by atoms with van der Waals surface area (Å²) < 4.78 is 4.43. The van der Waals surface area contributed by atoms with Crippen molar-refractivity contribution in [2.75, 3.05) is 13.7 Å². The van der Waals surface area contributed by atoms with Crippen molar-refractivity contribution in [3.8, 4) is 0 Å². The molecular formula is C13H25NO3. The van der Waals surface area contributed by atoms with Gasteiger partial charge >= 0.3 is 5.97 Å². The van der Waals surface area contributed by atoms with Crippen LogP contribution in [0.15, 0.2) is 0 Å². The van der Waals surface area contributed by atoms with Crippen LogP contribution >= 0.6 is 0 Å². The molecule has 0 aromatic carbocycles. The number of hydrogen-bond acceptors (Lipinski definition) is 3. The Kier molecular flexibility index (Phi) is 10.7. The summed E-state index contributed by atoms with van der Waals surface area (Å²) >= 11 is 0. The SMILES string of the molecule is CCCCCCCCCC(=O)NCC(=O)OC. The Hall–Kier alpha value is -1.06. The molecule has 0 aliphatic heterocycles. The zero-order chi connectivity index (χ0) is 12.9. The molecule has 0 saturated heterocycles. The molecule has 0 rings (SSSR count). The van der Waals surface area contributed by atoms with Gasteiger partial charge < -0.3 is 10.1 Å². The monoisotopic (exact) mass is 243 g/mol. The molecule has 100 valence electrons. The van der Waals surface area contributed by atoms with Crippen LogP contribution in [0.4, 0.5) is 0 Å². The van der Waals surface area contributed by atoms with E-state index in [1.165, 1.54) is 39.2 Å². The van der Waals surface area contributed by atoms with Gasteiger partial charge in [-0.05, 0) is 6.42 Å². The molecule has 4 nitrogen and oxygen atoms in total. The number of nitrogens with one attached hydrogen (secondary N) is 1. The van der Waals surface area contributed by atoms with Crippen molar-refractivity contribution < 1.29 is 14.3 Å². The molecule has 0 heterocycles. The summed E-state index contributed by atoms with van der Waals surface area (Å²) in [5.41, 5.74) is 0. The molecule has 0 unspecified atom stereocenters. The highest BCUT2D eigenvalue weighted by atomic mass is 16.5. The lowest BCUT2D eigenvalue weighted by atomic mass is 10.1. The Bertz CT molecular complexity index is 217. The molecule has 17 heavy (non-hydrogen) atoms. The summed E-state index contributed by atoms with van der Waals surface area (Å²) in [6.07, 6.45) is 8.82. The van der Waals surface area contributed by atoms with Gasteiger partial charge in [0.25, 0.3) is 0 Å². The average Bonchev–Trinajstić information content (AvgIpc) is 2.34. The van der Waals surface area contributed by atoms with Gasteiger partial charge in [0.2, 0.25) is 5.91 Å². The van der Waals surface area contributed by atoms with Crippen molar-refractivity contribution in [1.82, 2.24) is 5.32 Å². The van der Waals surface area contributed by atoms with Gasteiger partial charge in [-0.3, -0.25) is 9.59 Å². The molecule has 0 aromatic rings. The fourth-order valence-electron chi connectivity index (χ4n) is 1.57. The molecule has 0 spiro atoms. The van der Waals surface area contributed by atoms with E-state index in [0.29, 0.717) is 6.42 Å². The first kappa shape index (κ1) is 15.9. The summed E-state index contributed by atoms with van der Waals surface area (Å²) in [6, 6.07) is 0. The summed E-state index contributed by atoms with van der Waals surface area (Å²) in [5, 5.41) is 2.53. The third-order valence-electron chi connectivity index (χ3n) is 2.66. The first-order chi connectivity index (χ1) is 8.20. The smallest absolute Gasteiger partial charge is 0.325 e. The number of methoxy groups -OCH3 is 1. The van der Waals surface area contributed by atoms with E-state index in [9.17, 15) is 9.59 Å². The van der Waals surface area contributed by atoms with Gasteiger partial charge in [-0.25, -0.2) is 0 Å². The van der Waals surface area contributed by atoms with E-state index in [1.54, 1.807) is 0 Å². The molecule has 0 saturated carbocycles. The number of carbonyl (C=O) groups excluding carboxylic acids is 2. The van der Waals surface area contributed by atoms with Gasteiger partial charge in [0.1, 0.15) is 6.54 Å². The molecule has 1 N–H and O–H groups in total. The van der Waals surface area contributed by atoms with E-state index in [0.717, 1.165) is 12.8 Å². The summed E-state index contributed by atoms with van der Waals surface area (Å²) in [7, 11) is 1.31. The molecule has 0 bridgehead atoms. The molecule has 0 fully saturated rings. The van der Waals surface area contributed by atoms with E-state index in [2.05, 4.69) is 17.0 Å². The van der Waals surface area contributed by atoms with Crippen LogP contribution in [0, 0.1) is 0 Å². The Morgan fingerprint density at radius 2 is 1.59 bits per heavy atom. The Morgan fingerprint density at radius 1 is 1.00 bits per heavy atom. The largest absolute Gasteiger partial charge is 0.468 e. The summed E-state index contributed by atoms with van der Waals surface area (Å²) in [4.78, 5) is 22.0. The zero-order valence-corrected chi connectivity index (χ0v) is 11.1. The van der Waals surface area contributed by atoms with Crippen molar-refractivity contribution in [2.24, 2.45) is 0 Å². The maximum atomic E-state index is 11.3. The third kappa shape index (κ3) is 11.2. The number of esters is 1. The second-order valence-electron chi connectivity index (χ2n) is 4.22. The fourth-order valence-corrected chi connectivity index (χ4v) is 1.57. The first-order valence-electron chi connectivity index (χ1n) is 6.54. The number of ether oxygens (including phenoxy) is 1. The van der Waals surface area contributed by atoms with Crippen molar-refractivity contribution >= 4 is 11.9 Å². The number of unbranched alkanes of at least 4 members (excludes halogenated alkanes) is 6. The number of carbonyl (C=O) groups is 2. The van der Waals surface area contributed by atoms with Crippen LogP contribution in [0.3, 0.4) is 0 Å². The van der Waals surface area contributed by atoms with Crippen LogP contribution in [0.1, 0.15) is 58.3 Å². The lowest BCUT2D eigenvalue weighted by Gasteiger charge is -2.03. The van der Waals surface area contributed by atoms with Gasteiger partial charge in [0, 0.05) is 6.42 Å². The van der Waals surface area contributed by atoms with Crippen molar-refractivity contribution in [2.45, 2.75) is 58.3 Å². The predicted molar refractivity (Wildman–Crippen MR) is 67.6 cm³/mol. The van der Waals surface area contributed by atoms with E-state index in [4.69, 9.17) is 0 Å². The van der Waals surface area contributed by atoms with E-state index < -0.39 is 5.97 Å². The lowest BCUT2D eigenvalue weighted by molar-refractivity contribution is -0.141. The highest BCUT2D eigenvalue weighted by molar-refractivity contribution is 5.81. The minimum Gasteiger partial charge on any atom is -0.468 e. The number of hydrogen-bond donors (Lipinski definition) is 1. The minimum absolute atomic E-state index is 0.0220. The fraction of sp³-hybridized carbons (Fsp3) is 0.846. The van der Waals surface area contributed by atoms with E-state index in [-0.39, 0.29) is 12.5 Å². The maximum absolute atomic E-state index is 11.3. The normalized spacial score (nSPS) is 10.0. The molecule has 0 radical (unpaired) electrons. The second kappa shape index (κ2) is 11.4. The summed E-state index contributed by atoms with van der Waals surface area (Å²) in [5.74, 6) is -0.470. The van der Waals surface area contributed by atoms with E-state index >= 15 is 0 Å². The standard InChI is InChI=1S/C13H25NO3/c1-3-4-5-6-7-8-9-10-12(15)14-11-13(16)17-2/h3-11H2,1-2H3,(H,14,15). The number of amides is 1. The topological polar surface area (TPSA) is 55.4 Å². The van der Waals surface area contributed by atoms with Gasteiger partial charge in [-0.15, -0.1) is 0 Å². The van der Waals surface area contributed by atoms with Gasteiger partial charge in [-0.2, -0.15) is 0 Å². The van der Waals surface area contributed by atoms with Gasteiger partial charge in [0.05, 0.1) is 7.11 Å². The van der Waals surface area contributed by atoms with E-state index in [1.807, 2.05) is 0 Å². The first-order valence-corrected chi connectivity index (χ1v) is 6.54. The Labute approximate surface area is 104 Å². The minimum atomic E-state index is -0.405. The molecule has 0 atom stereocenters. The third-order valence-corrected chi connectivity index (χ3v) is 2.66. The molecule has 0 aromatic heterocycles. The summed E-state index contributed by atoms with van der Waals surface area (Å²) in [6.45, 7) is 2.18. The molecule has 0 aliphatic carbocycles. The van der Waals surface area contributed by atoms with Gasteiger partial charge in [0.15, 0.2) is 0 Å². The maximum Gasteiger partial charge on any atom is 0.325 e. The van der Waals surface area contributed by atoms with Crippen LogP contribution in [0.2, 0.25) is 0 Å². The second-order valence-corrected chi connectivity index (χ2v) is 4.22. The molecule has 4 heteroatoms. The Balaban J connectivity index is 3.25. The van der Waals surface area contributed by atoms with Crippen LogP contribution in [-0.4, -0.2) is 25.5 Å². The molecular weight excluding hydrogens is 218 g/mol. The quantitative estimate of drug-likeness (QED) is 0.473. The zero-order valence-electron chi connectivity index (χ0n) is 11.1. The lowest BCUT2D eigenvalue weighted by Crippen LogP contribution is -2.29. The highest BCUT2D eigenvalue weighted by Gasteiger charge is 2.04. The van der Waals surface area contributed by atoms with Crippen LogP contribution in [0.25, 0.3) is 0 Å². The van der Waals surface area contributed by atoms with Crippen LogP contribution < -0.4 is 5.32 Å². The van der Waals surface area contributed by atoms with Crippen LogP contribution in [0.5, 0.6) is 0 Å². The van der Waals surface area contributed by atoms with Crippen LogP contribution in [-0.2, 0) is 14.3 Å². The van der Waals surface area contributed by atoms with Gasteiger partial charge in [-0.1, -0.05) is 45.4 Å². The highest BCUT2D eigenvalue weighted by Crippen LogP contribution is 2.08. The van der Waals surface area contributed by atoms with Crippen molar-refractivity contribution in [3.63, 3.8) is 0 Å². The molecule has 1 amide bonds. The predicted octanol–water partition coefficient (Wildman–Crippen LogP) is 2.42. The van der Waals surface area contributed by atoms with Crippen molar-refractivity contribution in [3.05, 3.63) is 0 Å². The Morgan fingerprint density at radius 3 is 2.18 bits per heavy atom. The number of rotatable bonds is 10.